The van der Waals surface area contributed by atoms with Crippen LogP contribution in [-0.4, -0.2) is 133 Å². The van der Waals surface area contributed by atoms with Crippen LogP contribution in [0, 0.1) is 42.0 Å². The first-order valence-electron chi connectivity index (χ1n) is 35.4. The summed E-state index contributed by atoms with van der Waals surface area (Å²) in [6.07, 6.45) is -8.90. The van der Waals surface area contributed by atoms with Gasteiger partial charge in [0.1, 0.15) is 27.4 Å². The van der Waals surface area contributed by atoms with Gasteiger partial charge in [-0.1, -0.05) is 46.4 Å². The van der Waals surface area contributed by atoms with Gasteiger partial charge in [-0.15, -0.1) is 0 Å². The zero-order chi connectivity index (χ0) is 91.5. The molecule has 28 nitrogen and oxygen atoms in total. The quantitative estimate of drug-likeness (QED) is 0.0292. The number of nitrogens with zero attached hydrogens (tertiary/aromatic N) is 12. The summed E-state index contributed by atoms with van der Waals surface area (Å²) in [5.41, 5.74) is -0.703. The first kappa shape index (κ1) is 97.8. The van der Waals surface area contributed by atoms with E-state index in [-0.39, 0.29) is 83.9 Å². The van der Waals surface area contributed by atoms with Crippen molar-refractivity contribution in [3.63, 3.8) is 0 Å². The monoisotopic (exact) mass is 2300 g/mol. The lowest BCUT2D eigenvalue weighted by atomic mass is 10.1. The first-order valence-corrected chi connectivity index (χ1v) is 42.1. The molecule has 8 N–H and O–H groups in total. The summed E-state index contributed by atoms with van der Waals surface area (Å²) in [6, 6.07) is 28.7. The SMILES string of the molecule is CCNC(=O)c1cc(I)cc(C)c1NC(=O)c1cc(C(F)(F)F)nn1-c1ncccc1Cl.CNC(=O)c1cc(I)cc(C)c1NC(=O)c1cc(Br)nn1-c1ncccc1Cl.CNC(=O)c1cc(I)cc(C)c1NC(=O)c1cc(C(F)(F)F)nn1-c1ncccc1Cl.Cc1cc(I)cc(C(=O)NC(C)C)c1NC(=O)c1cc(C(F)(F)F)nn1-c1ncccc1Cl. The molecule has 648 valence electrons. The van der Waals surface area contributed by atoms with E-state index in [1.54, 1.807) is 115 Å². The van der Waals surface area contributed by atoms with Crippen molar-refractivity contribution in [2.45, 2.75) is 73.0 Å². The van der Waals surface area contributed by atoms with Crippen LogP contribution in [0.4, 0.5) is 62.3 Å². The number of carbonyl (C=O) groups is 8. The average Bonchev–Trinajstić information content (AvgIpc) is 1.56. The van der Waals surface area contributed by atoms with Gasteiger partial charge in [0.25, 0.3) is 47.3 Å². The zero-order valence-electron chi connectivity index (χ0n) is 65.1. The molecule has 0 fully saturated rings. The predicted octanol–water partition coefficient (Wildman–Crippen LogP) is 18.8. The molecule has 0 spiro atoms. The summed E-state index contributed by atoms with van der Waals surface area (Å²) >= 11 is 35.9. The molecule has 4 aromatic carbocycles. The minimum Gasteiger partial charge on any atom is -0.355 e. The maximum atomic E-state index is 13.4. The number of aryl methyl sites for hydroxylation is 4. The third kappa shape index (κ3) is 24.2. The first-order chi connectivity index (χ1) is 58.2. The second kappa shape index (κ2) is 41.9. The van der Waals surface area contributed by atoms with Crippen LogP contribution < -0.4 is 42.5 Å². The summed E-state index contributed by atoms with van der Waals surface area (Å²) in [5.74, 6) is -4.91. The Kier molecular flexibility index (Phi) is 33.0. The molecular formula is C78H62BrCl4F9I4N20O8. The molecule has 8 heterocycles. The van der Waals surface area contributed by atoms with Crippen LogP contribution in [0.5, 0.6) is 0 Å². The van der Waals surface area contributed by atoms with E-state index < -0.39 is 94.0 Å². The van der Waals surface area contributed by atoms with E-state index in [0.29, 0.717) is 68.1 Å². The molecule has 46 heteroatoms. The number of rotatable bonds is 18. The third-order valence-electron chi connectivity index (χ3n) is 16.7. The highest BCUT2D eigenvalue weighted by molar-refractivity contribution is 14.1. The highest BCUT2D eigenvalue weighted by Gasteiger charge is 2.40. The number of anilines is 4. The van der Waals surface area contributed by atoms with E-state index in [0.717, 1.165) is 33.9 Å². The van der Waals surface area contributed by atoms with Crippen molar-refractivity contribution in [2.75, 3.05) is 41.9 Å². The summed E-state index contributed by atoms with van der Waals surface area (Å²) in [4.78, 5) is 118. The molecule has 0 unspecified atom stereocenters. The Balaban J connectivity index is 0.000000188. The molecule has 8 aromatic heterocycles. The Morgan fingerprint density at radius 2 is 0.637 bits per heavy atom. The molecule has 124 heavy (non-hydrogen) atoms. The zero-order valence-corrected chi connectivity index (χ0v) is 78.3. The van der Waals surface area contributed by atoms with E-state index in [9.17, 15) is 77.9 Å². The van der Waals surface area contributed by atoms with Gasteiger partial charge in [0, 0.05) is 90.0 Å². The average molecular weight is 2310 g/mol. The molecule has 0 atom stereocenters. The maximum Gasteiger partial charge on any atom is 0.435 e. The number of alkyl halides is 9. The van der Waals surface area contributed by atoms with E-state index in [4.69, 9.17) is 46.4 Å². The second-order valence-corrected chi connectivity index (χ2v) is 33.4. The number of aromatic nitrogens is 12. The lowest BCUT2D eigenvalue weighted by Gasteiger charge is -2.16. The fourth-order valence-corrected chi connectivity index (χ4v) is 15.6. The third-order valence-corrected chi connectivity index (χ3v) is 20.8. The molecule has 0 aliphatic rings. The lowest BCUT2D eigenvalue weighted by molar-refractivity contribution is -0.142. The van der Waals surface area contributed by atoms with Crippen molar-refractivity contribution in [3.05, 3.63) is 269 Å². The predicted molar refractivity (Wildman–Crippen MR) is 483 cm³/mol. The van der Waals surface area contributed by atoms with E-state index in [2.05, 4.69) is 121 Å². The van der Waals surface area contributed by atoms with Crippen LogP contribution in [0.2, 0.25) is 20.1 Å². The number of pyridine rings is 4. The Labute approximate surface area is 781 Å². The molecule has 12 aromatic rings. The number of amides is 8. The maximum absolute atomic E-state index is 13.4. The van der Waals surface area contributed by atoms with Crippen molar-refractivity contribution >= 4 is 223 Å². The van der Waals surface area contributed by atoms with Gasteiger partial charge in [-0.3, -0.25) is 38.4 Å². The highest BCUT2D eigenvalue weighted by atomic mass is 127. The van der Waals surface area contributed by atoms with Gasteiger partial charge in [0.2, 0.25) is 0 Å². The van der Waals surface area contributed by atoms with E-state index in [1.165, 1.54) is 66.7 Å². The lowest BCUT2D eigenvalue weighted by Crippen LogP contribution is -2.31. The molecule has 0 aliphatic carbocycles. The van der Waals surface area contributed by atoms with Crippen molar-refractivity contribution in [1.82, 2.24) is 80.3 Å². The van der Waals surface area contributed by atoms with Gasteiger partial charge in [0.05, 0.1) is 65.1 Å². The van der Waals surface area contributed by atoms with E-state index >= 15 is 0 Å². The Morgan fingerprint density at radius 1 is 0.387 bits per heavy atom. The summed E-state index contributed by atoms with van der Waals surface area (Å²) in [5, 5.41) is 36.1. The molecule has 0 bridgehead atoms. The molecule has 12 rings (SSSR count). The van der Waals surface area contributed by atoms with Crippen molar-refractivity contribution in [2.24, 2.45) is 0 Å². The minimum atomic E-state index is -4.80. The second-order valence-electron chi connectivity index (χ2n) is 26.0. The van der Waals surface area contributed by atoms with Gasteiger partial charge in [0.15, 0.2) is 40.4 Å². The van der Waals surface area contributed by atoms with Crippen LogP contribution in [0.3, 0.4) is 0 Å². The van der Waals surface area contributed by atoms with Crippen LogP contribution in [0.1, 0.15) is 143 Å². The van der Waals surface area contributed by atoms with Crippen LogP contribution in [0.25, 0.3) is 23.3 Å². The van der Waals surface area contributed by atoms with Crippen LogP contribution in [-0.2, 0) is 18.5 Å². The summed E-state index contributed by atoms with van der Waals surface area (Å²) in [6.45, 7) is 12.5. The fraction of sp³-hybridized carbons (Fsp3) is 0.179. The smallest absolute Gasteiger partial charge is 0.355 e. The Morgan fingerprint density at radius 3 is 0.879 bits per heavy atom. The topological polar surface area (TPSA) is 356 Å². The van der Waals surface area contributed by atoms with Crippen molar-refractivity contribution < 1.29 is 77.9 Å². The number of benzene rings is 4. The van der Waals surface area contributed by atoms with Gasteiger partial charge in [-0.05, 0) is 274 Å². The normalized spacial score (nSPS) is 11.2. The number of carbonyl (C=O) groups excluding carboxylic acids is 8. The Hall–Kier alpha value is -9.99. The van der Waals surface area contributed by atoms with Crippen molar-refractivity contribution in [1.29, 1.82) is 0 Å². The number of hydrogen-bond donors (Lipinski definition) is 8. The molecule has 0 radical (unpaired) electrons. The van der Waals surface area contributed by atoms with E-state index in [1.807, 2.05) is 80.8 Å². The van der Waals surface area contributed by atoms with Crippen LogP contribution >= 0.6 is 153 Å². The molecule has 0 saturated carbocycles. The fourth-order valence-electron chi connectivity index (χ4n) is 11.3. The highest BCUT2D eigenvalue weighted by Crippen LogP contribution is 2.37. The standard InChI is InChI=1S/C21H18ClF3IN5O2.C20H16ClF3IN5O2.C19H14ClF3IN5O2.C18H14BrClIN5O2/c1-10(2)28-19(32)13-8-12(26)7-11(3)17(13)29-20(33)15-9-16(21(23,24)25)30-31(15)18-14(22)5-4-6-27-18;1-3-26-18(31)12-8-11(25)7-10(2)16(12)28-19(32)14-9-15(20(22,23)24)29-30(14)17-13(21)5-4-6-27-17;1-9-6-10(24)7-11(17(30)25-2)15(9)27-18(31)13-8-14(19(21,22)23)28-29(13)16-12(20)4-3-5-26-16;1-9-6-10(21)7-11(17(27)22-2)15(9)24-18(28)13-8-14(19)25-26(13)16-12(20)4-3-5-23-16/h4-10H,1-3H3,(H,28,32)(H,29,33);4-9H,3H2,1-2H3,(H,26,31)(H,28,32);3-8H,1-2H3,(H,25,30)(H,27,31);3-8H,1-2H3,(H,22,27)(H,24,28). The Bertz CT molecular complexity index is 6150. The molecular weight excluding hydrogens is 2250 g/mol. The largest absolute Gasteiger partial charge is 0.435 e. The number of halogens is 18. The molecule has 0 saturated heterocycles. The molecule has 0 aliphatic heterocycles. The number of nitrogens with one attached hydrogen (secondary N) is 8. The van der Waals surface area contributed by atoms with Gasteiger partial charge >= 0.3 is 18.5 Å². The summed E-state index contributed by atoms with van der Waals surface area (Å²) < 4.78 is 127. The van der Waals surface area contributed by atoms with Gasteiger partial charge in [-0.2, -0.15) is 59.9 Å². The van der Waals surface area contributed by atoms with Gasteiger partial charge in [-0.25, -0.2) is 38.7 Å². The minimum absolute atomic E-state index is 0.00451. The van der Waals surface area contributed by atoms with Crippen molar-refractivity contribution in [3.8, 4) is 23.3 Å². The van der Waals surface area contributed by atoms with Gasteiger partial charge < -0.3 is 42.5 Å². The summed E-state index contributed by atoms with van der Waals surface area (Å²) in [7, 11) is 2.97. The molecule has 8 amide bonds. The van der Waals surface area contributed by atoms with Crippen LogP contribution in [0.15, 0.2) is 151 Å². The number of hydrogen-bond acceptors (Lipinski definition) is 16.